The van der Waals surface area contributed by atoms with Crippen molar-refractivity contribution in [1.29, 1.82) is 0 Å². The third-order valence-corrected chi connectivity index (χ3v) is 12.0. The lowest BCUT2D eigenvalue weighted by atomic mass is 9.86. The maximum atomic E-state index is 5.43. The van der Waals surface area contributed by atoms with Gasteiger partial charge in [-0.3, -0.25) is 0 Å². The third kappa shape index (κ3) is 5.55. The summed E-state index contributed by atoms with van der Waals surface area (Å²) in [6.07, 6.45) is 0. The minimum Gasteiger partial charge on any atom is -0.247 e. The van der Waals surface area contributed by atoms with Crippen molar-refractivity contribution < 1.29 is 0 Å². The van der Waals surface area contributed by atoms with Gasteiger partial charge in [0.05, 0.1) is 22.6 Å². The lowest BCUT2D eigenvalue weighted by Gasteiger charge is -2.18. The molecular formula is C57H35N3. The number of hydrogen-bond donors (Lipinski definition) is 0. The number of rotatable bonds is 6. The van der Waals surface area contributed by atoms with Crippen molar-refractivity contribution >= 4 is 54.0 Å². The molecule has 0 fully saturated rings. The highest BCUT2D eigenvalue weighted by Gasteiger charge is 2.20. The molecular weight excluding hydrogens is 727 g/mol. The van der Waals surface area contributed by atoms with Crippen LogP contribution in [0.25, 0.3) is 121 Å². The molecule has 0 aliphatic heterocycles. The average molecular weight is 762 g/mol. The molecule has 0 N–H and O–H groups in total. The van der Waals surface area contributed by atoms with Crippen LogP contribution >= 0.6 is 0 Å². The second-order valence-corrected chi connectivity index (χ2v) is 15.5. The molecule has 278 valence electrons. The first-order valence-electron chi connectivity index (χ1n) is 20.4. The number of nitrogens with zero attached hydrogens (tertiary/aromatic N) is 3. The van der Waals surface area contributed by atoms with E-state index in [2.05, 4.69) is 188 Å². The zero-order chi connectivity index (χ0) is 39.6. The Kier molecular flexibility index (Phi) is 7.85. The van der Waals surface area contributed by atoms with E-state index in [-0.39, 0.29) is 0 Å². The van der Waals surface area contributed by atoms with Gasteiger partial charge < -0.3 is 0 Å². The van der Waals surface area contributed by atoms with Crippen LogP contribution < -0.4 is 0 Å². The predicted molar refractivity (Wildman–Crippen MR) is 251 cm³/mol. The number of pyridine rings is 1. The van der Waals surface area contributed by atoms with Crippen molar-refractivity contribution in [2.45, 2.75) is 0 Å². The molecule has 3 heteroatoms. The first-order chi connectivity index (χ1) is 29.7. The van der Waals surface area contributed by atoms with Gasteiger partial charge in [0, 0.05) is 38.4 Å². The van der Waals surface area contributed by atoms with E-state index in [1.54, 1.807) is 0 Å². The quantitative estimate of drug-likeness (QED) is 0.158. The summed E-state index contributed by atoms with van der Waals surface area (Å²) in [6, 6.07) is 75.6. The Morgan fingerprint density at radius 3 is 1.45 bits per heavy atom. The van der Waals surface area contributed by atoms with Gasteiger partial charge >= 0.3 is 0 Å². The van der Waals surface area contributed by atoms with Crippen LogP contribution in [0.3, 0.4) is 0 Å². The fourth-order valence-corrected chi connectivity index (χ4v) is 9.21. The van der Waals surface area contributed by atoms with Gasteiger partial charge in [0.25, 0.3) is 0 Å². The molecule has 60 heavy (non-hydrogen) atoms. The van der Waals surface area contributed by atoms with Gasteiger partial charge in [0.2, 0.25) is 0 Å². The van der Waals surface area contributed by atoms with E-state index in [0.29, 0.717) is 5.82 Å². The fraction of sp³-hybridized carbons (Fsp3) is 0. The van der Waals surface area contributed by atoms with Gasteiger partial charge in [-0.25, -0.2) is 15.0 Å². The second-order valence-electron chi connectivity index (χ2n) is 15.5. The predicted octanol–water partition coefficient (Wildman–Crippen LogP) is 15.1. The van der Waals surface area contributed by atoms with Crippen molar-refractivity contribution in [3.05, 3.63) is 212 Å². The smallest absolute Gasteiger partial charge is 0.160 e. The highest BCUT2D eigenvalue weighted by Crippen LogP contribution is 2.45. The molecule has 0 saturated carbocycles. The monoisotopic (exact) mass is 761 g/mol. The zero-order valence-electron chi connectivity index (χ0n) is 32.5. The van der Waals surface area contributed by atoms with Crippen LogP contribution in [0.1, 0.15) is 0 Å². The molecule has 0 radical (unpaired) electrons. The Morgan fingerprint density at radius 2 is 0.767 bits per heavy atom. The van der Waals surface area contributed by atoms with Crippen molar-refractivity contribution in [2.24, 2.45) is 0 Å². The van der Waals surface area contributed by atoms with E-state index in [0.717, 1.165) is 61.2 Å². The van der Waals surface area contributed by atoms with Crippen LogP contribution in [0.4, 0.5) is 0 Å². The molecule has 2 heterocycles. The largest absolute Gasteiger partial charge is 0.247 e. The van der Waals surface area contributed by atoms with Crippen molar-refractivity contribution in [2.75, 3.05) is 0 Å². The van der Waals surface area contributed by atoms with E-state index in [1.165, 1.54) is 54.4 Å². The molecule has 10 aromatic carbocycles. The Balaban J connectivity index is 1.01. The van der Waals surface area contributed by atoms with Crippen LogP contribution in [-0.2, 0) is 0 Å². The zero-order valence-corrected chi connectivity index (χ0v) is 32.5. The fourth-order valence-electron chi connectivity index (χ4n) is 9.21. The molecule has 0 spiro atoms. The van der Waals surface area contributed by atoms with Gasteiger partial charge in [0.1, 0.15) is 0 Å². The summed E-state index contributed by atoms with van der Waals surface area (Å²) in [6.45, 7) is 0. The maximum Gasteiger partial charge on any atom is 0.160 e. The number of hydrogen-bond acceptors (Lipinski definition) is 3. The molecule has 12 aromatic rings. The van der Waals surface area contributed by atoms with Crippen LogP contribution in [0, 0.1) is 0 Å². The van der Waals surface area contributed by atoms with Gasteiger partial charge in [-0.15, -0.1) is 0 Å². The normalized spacial score (nSPS) is 11.7. The first-order valence-corrected chi connectivity index (χ1v) is 20.4. The standard InChI is InChI=1S/C57H35N3/c1-4-13-36(14-5-1)44-20-12-21-49-55(44)48-19-10-11-22-50(48)58-56(49)47-34-30-41-28-32-45-43(31-27-40-29-33-46(47)54(41)53(40)45)37-23-25-39(26-24-37)52-35-51(38-15-6-2-7-16-38)59-57(60-52)42-17-8-3-9-18-42/h1-35H. The summed E-state index contributed by atoms with van der Waals surface area (Å²) in [5, 5.41) is 11.0. The van der Waals surface area contributed by atoms with E-state index >= 15 is 0 Å². The lowest BCUT2D eigenvalue weighted by molar-refractivity contribution is 1.18. The van der Waals surface area contributed by atoms with Crippen molar-refractivity contribution in [1.82, 2.24) is 15.0 Å². The molecule has 0 saturated heterocycles. The van der Waals surface area contributed by atoms with Crippen LogP contribution in [0.2, 0.25) is 0 Å². The molecule has 0 aliphatic carbocycles. The lowest BCUT2D eigenvalue weighted by Crippen LogP contribution is -1.96. The maximum absolute atomic E-state index is 5.43. The highest BCUT2D eigenvalue weighted by molar-refractivity contribution is 6.28. The van der Waals surface area contributed by atoms with Crippen molar-refractivity contribution in [3.8, 4) is 67.4 Å². The molecule has 2 aromatic heterocycles. The Hall–Kier alpha value is -8.01. The van der Waals surface area contributed by atoms with Crippen LogP contribution in [-0.4, -0.2) is 15.0 Å². The molecule has 0 aliphatic rings. The van der Waals surface area contributed by atoms with Gasteiger partial charge in [-0.1, -0.05) is 200 Å². The molecule has 0 amide bonds. The summed E-state index contributed by atoms with van der Waals surface area (Å²) >= 11 is 0. The van der Waals surface area contributed by atoms with Crippen LogP contribution in [0.15, 0.2) is 212 Å². The first kappa shape index (κ1) is 34.1. The summed E-state index contributed by atoms with van der Waals surface area (Å²) < 4.78 is 0. The SMILES string of the molecule is c1ccc(-c2cc(-c3ccc(-c4ccc5ccc6c(-c7nc8ccccc8c8c(-c9ccccc9)cccc78)ccc7ccc4c5c76)cc3)nc(-c3ccccc3)n2)cc1. The minimum absolute atomic E-state index is 0.714. The molecule has 0 bridgehead atoms. The summed E-state index contributed by atoms with van der Waals surface area (Å²) in [4.78, 5) is 15.5. The van der Waals surface area contributed by atoms with E-state index in [4.69, 9.17) is 15.0 Å². The molecule has 0 unspecified atom stereocenters. The minimum atomic E-state index is 0.714. The summed E-state index contributed by atoms with van der Waals surface area (Å²) in [5.41, 5.74) is 12.8. The number of aromatic nitrogens is 3. The average Bonchev–Trinajstić information content (AvgIpc) is 3.33. The van der Waals surface area contributed by atoms with Crippen molar-refractivity contribution in [3.63, 3.8) is 0 Å². The van der Waals surface area contributed by atoms with E-state index < -0.39 is 0 Å². The summed E-state index contributed by atoms with van der Waals surface area (Å²) in [7, 11) is 0. The van der Waals surface area contributed by atoms with Gasteiger partial charge in [0.15, 0.2) is 5.82 Å². The van der Waals surface area contributed by atoms with E-state index in [1.807, 2.05) is 24.3 Å². The van der Waals surface area contributed by atoms with Gasteiger partial charge in [-0.2, -0.15) is 0 Å². The number of para-hydroxylation sites is 1. The van der Waals surface area contributed by atoms with Gasteiger partial charge in [-0.05, 0) is 66.7 Å². The number of fused-ring (bicyclic) bond motifs is 3. The molecule has 3 nitrogen and oxygen atoms in total. The Morgan fingerprint density at radius 1 is 0.267 bits per heavy atom. The Bertz CT molecular complexity index is 3500. The Labute approximate surface area is 347 Å². The number of benzene rings is 10. The topological polar surface area (TPSA) is 38.7 Å². The highest BCUT2D eigenvalue weighted by atomic mass is 14.9. The molecule has 12 rings (SSSR count). The second kappa shape index (κ2) is 13.8. The van der Waals surface area contributed by atoms with E-state index in [9.17, 15) is 0 Å². The van der Waals surface area contributed by atoms with Crippen LogP contribution in [0.5, 0.6) is 0 Å². The summed E-state index contributed by atoms with van der Waals surface area (Å²) in [5.74, 6) is 0.714. The third-order valence-electron chi connectivity index (χ3n) is 12.0. The molecule has 0 atom stereocenters.